The number of ether oxygens (including phenoxy) is 1. The zero-order valence-corrected chi connectivity index (χ0v) is 34.9. The van der Waals surface area contributed by atoms with Crippen LogP contribution in [0.3, 0.4) is 0 Å². The Balaban J connectivity index is 0.890. The number of nitrogens with zero attached hydrogens (tertiary/aromatic N) is 4. The fourth-order valence-corrected chi connectivity index (χ4v) is 9.23. The number of benzene rings is 4. The molecule has 3 fully saturated rings. The average Bonchev–Trinajstić information content (AvgIpc) is 3.82. The van der Waals surface area contributed by atoms with Crippen LogP contribution in [0.5, 0.6) is 0 Å². The van der Waals surface area contributed by atoms with Crippen LogP contribution in [0.15, 0.2) is 103 Å². The van der Waals surface area contributed by atoms with E-state index in [1.807, 2.05) is 55.3 Å². The number of aromatic nitrogens is 4. The third-order valence-electron chi connectivity index (χ3n) is 12.8. The van der Waals surface area contributed by atoms with E-state index in [2.05, 4.69) is 86.2 Å². The lowest BCUT2D eigenvalue weighted by Gasteiger charge is -2.29. The van der Waals surface area contributed by atoms with Crippen molar-refractivity contribution in [3.8, 4) is 33.6 Å². The summed E-state index contributed by atoms with van der Waals surface area (Å²) in [5.41, 5.74) is 6.58. The highest BCUT2D eigenvalue weighted by atomic mass is 16.5. The van der Waals surface area contributed by atoms with Crippen LogP contribution >= 0.6 is 0 Å². The van der Waals surface area contributed by atoms with Crippen molar-refractivity contribution in [2.24, 2.45) is 11.3 Å². The van der Waals surface area contributed by atoms with E-state index in [0.29, 0.717) is 24.5 Å². The van der Waals surface area contributed by atoms with Crippen molar-refractivity contribution >= 4 is 34.8 Å². The van der Waals surface area contributed by atoms with E-state index in [1.54, 1.807) is 11.1 Å². The molecular formula is C48H50N8O6. The van der Waals surface area contributed by atoms with Crippen molar-refractivity contribution in [2.45, 2.75) is 70.1 Å². The van der Waals surface area contributed by atoms with Crippen LogP contribution in [-0.2, 0) is 14.3 Å². The van der Waals surface area contributed by atoms with Gasteiger partial charge in [0.05, 0.1) is 43.0 Å². The summed E-state index contributed by atoms with van der Waals surface area (Å²) < 4.78 is 4.88. The van der Waals surface area contributed by atoms with Crippen molar-refractivity contribution in [1.82, 2.24) is 40.4 Å². The first kappa shape index (κ1) is 40.4. The van der Waals surface area contributed by atoms with Crippen LogP contribution in [-0.4, -0.2) is 85.1 Å². The SMILES string of the molecule is COC(=O)NC(C(=O)N1CC2(CC2)CC1c1ncc(-c2ccc(-c3ccc4cc(-c5cnc(C6CCCN6C(=O)C(NC(=O)O)C(C)C)[nH]5)ccc4c3)cc2)[nH]1)c1ccccc1. The van der Waals surface area contributed by atoms with E-state index in [4.69, 9.17) is 9.72 Å². The Kier molecular flexibility index (Phi) is 10.8. The number of carbonyl (C=O) groups excluding carboxylic acids is 3. The van der Waals surface area contributed by atoms with Gasteiger partial charge in [0.2, 0.25) is 5.91 Å². The van der Waals surface area contributed by atoms with Crippen LogP contribution in [0.2, 0.25) is 0 Å². The van der Waals surface area contributed by atoms with Gasteiger partial charge in [-0.05, 0) is 88.6 Å². The van der Waals surface area contributed by atoms with E-state index in [0.717, 1.165) is 82.3 Å². The molecule has 0 radical (unpaired) electrons. The molecule has 14 heteroatoms. The molecule has 318 valence electrons. The van der Waals surface area contributed by atoms with Crippen LogP contribution in [0, 0.1) is 11.3 Å². The van der Waals surface area contributed by atoms with E-state index in [9.17, 15) is 24.3 Å². The molecule has 2 aromatic heterocycles. The number of imidazole rings is 2. The first-order valence-corrected chi connectivity index (χ1v) is 21.2. The van der Waals surface area contributed by atoms with Gasteiger partial charge in [-0.25, -0.2) is 19.6 Å². The smallest absolute Gasteiger partial charge is 0.407 e. The number of nitrogens with one attached hydrogen (secondary N) is 4. The van der Waals surface area contributed by atoms with Crippen molar-refractivity contribution in [3.63, 3.8) is 0 Å². The van der Waals surface area contributed by atoms with Gasteiger partial charge in [-0.3, -0.25) is 9.59 Å². The Bertz CT molecular complexity index is 2630. The quantitative estimate of drug-likeness (QED) is 0.0861. The van der Waals surface area contributed by atoms with Gasteiger partial charge < -0.3 is 40.2 Å². The van der Waals surface area contributed by atoms with Gasteiger partial charge in [0, 0.05) is 18.7 Å². The summed E-state index contributed by atoms with van der Waals surface area (Å²) in [4.78, 5) is 71.5. The average molecular weight is 835 g/mol. The molecule has 9 rings (SSSR count). The predicted molar refractivity (Wildman–Crippen MR) is 233 cm³/mol. The minimum absolute atomic E-state index is 0.0777. The summed E-state index contributed by atoms with van der Waals surface area (Å²) in [6.45, 7) is 4.84. The number of hydrogen-bond donors (Lipinski definition) is 5. The molecule has 1 spiro atoms. The van der Waals surface area contributed by atoms with E-state index in [-0.39, 0.29) is 35.2 Å². The third-order valence-corrected chi connectivity index (χ3v) is 12.8. The van der Waals surface area contributed by atoms with E-state index in [1.165, 1.54) is 7.11 Å². The van der Waals surface area contributed by atoms with Gasteiger partial charge in [0.1, 0.15) is 23.7 Å². The highest BCUT2D eigenvalue weighted by Gasteiger charge is 2.55. The van der Waals surface area contributed by atoms with Crippen molar-refractivity contribution in [3.05, 3.63) is 121 Å². The number of carboxylic acid groups (broad SMARTS) is 1. The monoisotopic (exact) mass is 834 g/mol. The van der Waals surface area contributed by atoms with Crippen LogP contribution < -0.4 is 10.6 Å². The third kappa shape index (κ3) is 7.99. The largest absolute Gasteiger partial charge is 0.465 e. The molecule has 4 heterocycles. The van der Waals surface area contributed by atoms with Crippen LogP contribution in [0.25, 0.3) is 44.4 Å². The van der Waals surface area contributed by atoms with Gasteiger partial charge in [-0.15, -0.1) is 0 Å². The first-order valence-electron chi connectivity index (χ1n) is 21.2. The number of H-pyrrole nitrogens is 2. The van der Waals surface area contributed by atoms with E-state index < -0.39 is 24.3 Å². The summed E-state index contributed by atoms with van der Waals surface area (Å²) in [6, 6.07) is 28.1. The molecular weight excluding hydrogens is 785 g/mol. The van der Waals surface area contributed by atoms with Gasteiger partial charge in [0.25, 0.3) is 5.91 Å². The minimum Gasteiger partial charge on any atom is -0.465 e. The Labute approximate surface area is 359 Å². The van der Waals surface area contributed by atoms with Crippen LogP contribution in [0.4, 0.5) is 9.59 Å². The Hall–Kier alpha value is -6.96. The molecule has 14 nitrogen and oxygen atoms in total. The molecule has 1 aliphatic carbocycles. The van der Waals surface area contributed by atoms with E-state index >= 15 is 0 Å². The molecule has 6 aromatic rings. The number of methoxy groups -OCH3 is 1. The minimum atomic E-state index is -1.21. The lowest BCUT2D eigenvalue weighted by molar-refractivity contribution is -0.136. The molecule has 0 bridgehead atoms. The topological polar surface area (TPSA) is 186 Å². The summed E-state index contributed by atoms with van der Waals surface area (Å²) in [7, 11) is 1.29. The van der Waals surface area contributed by atoms with Crippen molar-refractivity contribution < 1.29 is 29.0 Å². The molecule has 2 saturated heterocycles. The van der Waals surface area contributed by atoms with Crippen LogP contribution in [0.1, 0.15) is 81.3 Å². The molecule has 4 amide bonds. The predicted octanol–water partition coefficient (Wildman–Crippen LogP) is 8.39. The molecule has 62 heavy (non-hydrogen) atoms. The molecule has 3 aliphatic rings. The van der Waals surface area contributed by atoms with Crippen molar-refractivity contribution in [2.75, 3.05) is 20.2 Å². The Morgan fingerprint density at radius 2 is 1.37 bits per heavy atom. The van der Waals surface area contributed by atoms with Gasteiger partial charge in [-0.1, -0.05) is 92.7 Å². The number of rotatable bonds is 11. The summed E-state index contributed by atoms with van der Waals surface area (Å²) in [5.74, 6) is 0.818. The zero-order chi connectivity index (χ0) is 43.1. The normalized spacial score (nSPS) is 18.8. The molecule has 2 aliphatic heterocycles. The molecule has 5 N–H and O–H groups in total. The number of hydrogen-bond acceptors (Lipinski definition) is 7. The lowest BCUT2D eigenvalue weighted by Crippen LogP contribution is -2.50. The second-order valence-electron chi connectivity index (χ2n) is 17.2. The number of fused-ring (bicyclic) bond motifs is 1. The first-order chi connectivity index (χ1) is 30.0. The number of carbonyl (C=O) groups is 4. The second kappa shape index (κ2) is 16.5. The Morgan fingerprint density at radius 1 is 0.758 bits per heavy atom. The number of aromatic amines is 2. The van der Waals surface area contributed by atoms with Gasteiger partial charge >= 0.3 is 12.2 Å². The number of likely N-dealkylation sites (tertiary alicyclic amines) is 2. The highest BCUT2D eigenvalue weighted by Crippen LogP contribution is 2.58. The number of amides is 4. The van der Waals surface area contributed by atoms with Gasteiger partial charge in [-0.2, -0.15) is 0 Å². The summed E-state index contributed by atoms with van der Waals surface area (Å²) in [6.07, 6.45) is 6.24. The highest BCUT2D eigenvalue weighted by molar-refractivity contribution is 5.91. The van der Waals surface area contributed by atoms with Crippen molar-refractivity contribution in [1.29, 1.82) is 0 Å². The number of alkyl carbamates (subject to hydrolysis) is 1. The fraction of sp³-hybridized carbons (Fsp3) is 0.333. The van der Waals surface area contributed by atoms with Gasteiger partial charge in [0.15, 0.2) is 0 Å². The fourth-order valence-electron chi connectivity index (χ4n) is 9.23. The lowest BCUT2D eigenvalue weighted by atomic mass is 9.98. The summed E-state index contributed by atoms with van der Waals surface area (Å²) >= 11 is 0. The second-order valence-corrected chi connectivity index (χ2v) is 17.2. The maximum Gasteiger partial charge on any atom is 0.407 e. The molecule has 1 saturated carbocycles. The zero-order valence-electron chi connectivity index (χ0n) is 34.9. The molecule has 4 atom stereocenters. The molecule has 4 unspecified atom stereocenters. The molecule has 4 aromatic carbocycles. The summed E-state index contributed by atoms with van der Waals surface area (Å²) in [5, 5.41) is 16.6. The Morgan fingerprint density at radius 3 is 2.02 bits per heavy atom. The maximum absolute atomic E-state index is 14.2. The maximum atomic E-state index is 14.2. The standard InChI is InChI=1S/C48H50N8O6/c1-28(2)40(53-46(59)60)44(57)55-21-7-10-38(55)42-49-26-37(52-42)35-18-17-33-22-32(15-16-34(33)23-35)29-11-13-30(14-12-29)36-25-50-43(51-36)39-24-48(19-20-48)27-56(39)45(58)41(54-47(61)62-3)31-8-5-4-6-9-31/h4-6,8-9,11-18,22-23,25-26,28,38-41,53H,7,10,19-21,24,27H2,1-3H3,(H,49,52)(H,50,51)(H,54,61)(H,59,60).